The highest BCUT2D eigenvalue weighted by Crippen LogP contribution is 2.07. The van der Waals surface area contributed by atoms with E-state index in [0.717, 1.165) is 0 Å². The van der Waals surface area contributed by atoms with Gasteiger partial charge in [-0.05, 0) is 12.1 Å². The second-order valence-corrected chi connectivity index (χ2v) is 2.23. The summed E-state index contributed by atoms with van der Waals surface area (Å²) in [4.78, 5) is 15.5. The maximum absolute atomic E-state index is 10.3. The maximum atomic E-state index is 10.3. The number of carbonyl (C=O) groups is 1. The number of aromatic nitrogens is 1. The second-order valence-electron chi connectivity index (χ2n) is 2.23. The van der Waals surface area contributed by atoms with Crippen molar-refractivity contribution in [1.82, 2.24) is 4.98 Å². The summed E-state index contributed by atoms with van der Waals surface area (Å²) in [6.07, 6.45) is 2.14. The fraction of sp³-hybridized carbons (Fsp3) is 0.125. The lowest BCUT2D eigenvalue weighted by Crippen LogP contribution is -2.15. The van der Waals surface area contributed by atoms with E-state index >= 15 is 0 Å². The number of rotatable bonds is 2. The average molecular weight is 161 g/mol. The molecule has 0 fully saturated rings. The van der Waals surface area contributed by atoms with Crippen molar-refractivity contribution < 1.29 is 4.79 Å². The van der Waals surface area contributed by atoms with Crippen molar-refractivity contribution in [3.8, 4) is 6.07 Å². The Morgan fingerprint density at radius 3 is 3.08 bits per heavy atom. The van der Waals surface area contributed by atoms with Crippen LogP contribution >= 0.6 is 0 Å². The fourth-order valence-electron chi connectivity index (χ4n) is 0.735. The van der Waals surface area contributed by atoms with Crippen LogP contribution in [0.1, 0.15) is 5.56 Å². The summed E-state index contributed by atoms with van der Waals surface area (Å²) >= 11 is 0. The third kappa shape index (κ3) is 1.58. The molecule has 1 amide bonds. The van der Waals surface area contributed by atoms with Gasteiger partial charge in [0.25, 0.3) is 0 Å². The molecule has 0 saturated carbocycles. The van der Waals surface area contributed by atoms with Crippen LogP contribution in [-0.2, 0) is 4.79 Å². The first-order chi connectivity index (χ1) is 5.77. The van der Waals surface area contributed by atoms with Gasteiger partial charge in [0.15, 0.2) is 0 Å². The molecule has 1 aromatic rings. The summed E-state index contributed by atoms with van der Waals surface area (Å²) in [5.74, 6) is 0.476. The van der Waals surface area contributed by atoms with Crippen LogP contribution in [0.2, 0.25) is 0 Å². The zero-order valence-electron chi connectivity index (χ0n) is 6.56. The first-order valence-electron chi connectivity index (χ1n) is 3.32. The molecule has 0 saturated heterocycles. The van der Waals surface area contributed by atoms with E-state index < -0.39 is 0 Å². The molecule has 1 heterocycles. The molecule has 60 valence electrons. The van der Waals surface area contributed by atoms with E-state index in [9.17, 15) is 4.79 Å². The molecule has 0 bridgehead atoms. The molecule has 0 radical (unpaired) electrons. The number of carbonyl (C=O) groups excluding carboxylic acids is 1. The Morgan fingerprint density at radius 1 is 1.75 bits per heavy atom. The summed E-state index contributed by atoms with van der Waals surface area (Å²) in [5.41, 5.74) is 0.494. The van der Waals surface area contributed by atoms with Crippen molar-refractivity contribution in [3.05, 3.63) is 23.9 Å². The Bertz CT molecular complexity index is 329. The lowest BCUT2D eigenvalue weighted by molar-refractivity contribution is -0.107. The van der Waals surface area contributed by atoms with Gasteiger partial charge in [-0.2, -0.15) is 5.26 Å². The third-order valence-corrected chi connectivity index (χ3v) is 1.39. The van der Waals surface area contributed by atoms with Gasteiger partial charge in [-0.25, -0.2) is 4.98 Å². The molecule has 0 atom stereocenters. The van der Waals surface area contributed by atoms with Crippen molar-refractivity contribution >= 4 is 12.2 Å². The van der Waals surface area contributed by atoms with Crippen LogP contribution in [0.25, 0.3) is 0 Å². The second kappa shape index (κ2) is 3.49. The Morgan fingerprint density at radius 2 is 2.50 bits per heavy atom. The SMILES string of the molecule is CN(C=O)c1cc(C#N)ccn1. The number of hydrogen-bond donors (Lipinski definition) is 0. The molecule has 0 spiro atoms. The Labute approximate surface area is 70.1 Å². The smallest absolute Gasteiger partial charge is 0.215 e. The van der Waals surface area contributed by atoms with E-state index in [-0.39, 0.29) is 0 Å². The van der Waals surface area contributed by atoms with Crippen LogP contribution in [0.4, 0.5) is 5.82 Å². The molecule has 0 aliphatic heterocycles. The van der Waals surface area contributed by atoms with Gasteiger partial charge in [-0.3, -0.25) is 4.79 Å². The van der Waals surface area contributed by atoms with E-state index in [2.05, 4.69) is 4.98 Å². The number of amides is 1. The van der Waals surface area contributed by atoms with E-state index in [1.54, 1.807) is 19.2 Å². The van der Waals surface area contributed by atoms with E-state index in [1.807, 2.05) is 6.07 Å². The first kappa shape index (κ1) is 8.21. The standard InChI is InChI=1S/C8H7N3O/c1-11(6-12)8-4-7(5-9)2-3-10-8/h2-4,6H,1H3. The van der Waals surface area contributed by atoms with Gasteiger partial charge >= 0.3 is 0 Å². The van der Waals surface area contributed by atoms with E-state index in [0.29, 0.717) is 17.8 Å². The Hall–Kier alpha value is -1.89. The lowest BCUT2D eigenvalue weighted by Gasteiger charge is -2.07. The van der Waals surface area contributed by atoms with Gasteiger partial charge in [0, 0.05) is 13.2 Å². The molecule has 1 aromatic heterocycles. The Kier molecular flexibility index (Phi) is 2.38. The number of hydrogen-bond acceptors (Lipinski definition) is 3. The summed E-state index contributed by atoms with van der Waals surface area (Å²) in [6, 6.07) is 5.10. The summed E-state index contributed by atoms with van der Waals surface area (Å²) in [6.45, 7) is 0. The van der Waals surface area contributed by atoms with Gasteiger partial charge in [0.05, 0.1) is 11.6 Å². The van der Waals surface area contributed by atoms with Crippen molar-refractivity contribution in [3.63, 3.8) is 0 Å². The fourth-order valence-corrected chi connectivity index (χ4v) is 0.735. The lowest BCUT2D eigenvalue weighted by atomic mass is 10.3. The van der Waals surface area contributed by atoms with Gasteiger partial charge in [0.1, 0.15) is 5.82 Å². The maximum Gasteiger partial charge on any atom is 0.215 e. The third-order valence-electron chi connectivity index (χ3n) is 1.39. The zero-order valence-corrected chi connectivity index (χ0v) is 6.56. The monoisotopic (exact) mass is 161 g/mol. The molecule has 0 aliphatic carbocycles. The van der Waals surface area contributed by atoms with Gasteiger partial charge in [-0.15, -0.1) is 0 Å². The van der Waals surface area contributed by atoms with Crippen molar-refractivity contribution in [1.29, 1.82) is 5.26 Å². The van der Waals surface area contributed by atoms with Crippen LogP contribution in [0.5, 0.6) is 0 Å². The van der Waals surface area contributed by atoms with Gasteiger partial charge in [-0.1, -0.05) is 0 Å². The van der Waals surface area contributed by atoms with Crippen LogP contribution < -0.4 is 4.90 Å². The molecule has 4 nitrogen and oxygen atoms in total. The highest BCUT2D eigenvalue weighted by Gasteiger charge is 2.00. The molecule has 0 aromatic carbocycles. The van der Waals surface area contributed by atoms with Crippen LogP contribution in [-0.4, -0.2) is 18.4 Å². The van der Waals surface area contributed by atoms with Crippen LogP contribution in [0.15, 0.2) is 18.3 Å². The molecular formula is C8H7N3O. The predicted molar refractivity (Wildman–Crippen MR) is 43.4 cm³/mol. The number of anilines is 1. The Balaban J connectivity index is 3.03. The van der Waals surface area contributed by atoms with Gasteiger partial charge in [0.2, 0.25) is 6.41 Å². The highest BCUT2D eigenvalue weighted by atomic mass is 16.1. The normalized spacial score (nSPS) is 8.67. The summed E-state index contributed by atoms with van der Waals surface area (Å²) < 4.78 is 0. The van der Waals surface area contributed by atoms with Crippen LogP contribution in [0, 0.1) is 11.3 Å². The quantitative estimate of drug-likeness (QED) is 0.595. The van der Waals surface area contributed by atoms with Gasteiger partial charge < -0.3 is 4.90 Å². The molecular weight excluding hydrogens is 154 g/mol. The van der Waals surface area contributed by atoms with Crippen LogP contribution in [0.3, 0.4) is 0 Å². The summed E-state index contributed by atoms with van der Waals surface area (Å²) in [7, 11) is 1.58. The summed E-state index contributed by atoms with van der Waals surface area (Å²) in [5, 5.41) is 8.53. The van der Waals surface area contributed by atoms with E-state index in [4.69, 9.17) is 5.26 Å². The number of pyridine rings is 1. The van der Waals surface area contributed by atoms with Crippen molar-refractivity contribution in [2.75, 3.05) is 11.9 Å². The molecule has 0 unspecified atom stereocenters. The predicted octanol–water partition coefficient (Wildman–Crippen LogP) is 0.546. The molecule has 12 heavy (non-hydrogen) atoms. The van der Waals surface area contributed by atoms with Crippen molar-refractivity contribution in [2.45, 2.75) is 0 Å². The number of nitriles is 1. The molecule has 0 aliphatic rings. The topological polar surface area (TPSA) is 57.0 Å². The number of nitrogens with zero attached hydrogens (tertiary/aromatic N) is 3. The largest absolute Gasteiger partial charge is 0.303 e. The minimum absolute atomic E-state index is 0.476. The zero-order chi connectivity index (χ0) is 8.97. The van der Waals surface area contributed by atoms with Crippen molar-refractivity contribution in [2.24, 2.45) is 0 Å². The average Bonchev–Trinajstić information content (AvgIpc) is 2.17. The molecule has 0 N–H and O–H groups in total. The minimum atomic E-state index is 0.476. The highest BCUT2D eigenvalue weighted by molar-refractivity contribution is 5.72. The molecule has 4 heteroatoms. The van der Waals surface area contributed by atoms with E-state index in [1.165, 1.54) is 11.1 Å². The first-order valence-corrected chi connectivity index (χ1v) is 3.32. The minimum Gasteiger partial charge on any atom is -0.303 e. The molecule has 1 rings (SSSR count).